The molecule has 0 radical (unpaired) electrons. The molecule has 3 atom stereocenters. The molecule has 3 N–H and O–H groups in total. The third kappa shape index (κ3) is 3.18. The summed E-state index contributed by atoms with van der Waals surface area (Å²) in [4.78, 5) is 11.2. The van der Waals surface area contributed by atoms with Crippen molar-refractivity contribution in [2.24, 2.45) is 11.8 Å². The number of carboxylic acid groups (broad SMARTS) is 1. The normalized spacial score (nSPS) is 36.3. The van der Waals surface area contributed by atoms with Crippen molar-refractivity contribution in [2.75, 3.05) is 13.1 Å². The summed E-state index contributed by atoms with van der Waals surface area (Å²) in [7, 11) is 0. The second-order valence-corrected chi connectivity index (χ2v) is 8.15. The first-order valence-corrected chi connectivity index (χ1v) is 9.27. The molecule has 2 spiro atoms. The molecule has 126 valence electrons. The lowest BCUT2D eigenvalue weighted by Crippen LogP contribution is -2.74. The highest BCUT2D eigenvalue weighted by Gasteiger charge is 2.50. The van der Waals surface area contributed by atoms with Crippen LogP contribution >= 0.6 is 0 Å². The highest BCUT2D eigenvalue weighted by molar-refractivity contribution is 5.67. The Morgan fingerprint density at radius 2 is 1.86 bits per heavy atom. The monoisotopic (exact) mass is 308 g/mol. The summed E-state index contributed by atoms with van der Waals surface area (Å²) >= 11 is 0. The van der Waals surface area contributed by atoms with Gasteiger partial charge in [0.2, 0.25) is 0 Å². The highest BCUT2D eigenvalue weighted by Crippen LogP contribution is 2.44. The molecule has 2 aliphatic carbocycles. The molecule has 3 rings (SSSR count). The smallest absolute Gasteiger partial charge is 0.303 e. The van der Waals surface area contributed by atoms with Crippen LogP contribution < -0.4 is 10.6 Å². The van der Waals surface area contributed by atoms with Gasteiger partial charge < -0.3 is 15.7 Å². The summed E-state index contributed by atoms with van der Waals surface area (Å²) in [5, 5.41) is 17.1. The van der Waals surface area contributed by atoms with Crippen molar-refractivity contribution in [3.8, 4) is 0 Å². The maximum absolute atomic E-state index is 11.2. The summed E-state index contributed by atoms with van der Waals surface area (Å²) in [5.41, 5.74) is 0.401. The highest BCUT2D eigenvalue weighted by atomic mass is 16.4. The molecular weight excluding hydrogens is 276 g/mol. The number of aliphatic carboxylic acids is 1. The summed E-state index contributed by atoms with van der Waals surface area (Å²) in [6.07, 6.45) is 11.8. The van der Waals surface area contributed by atoms with E-state index in [4.69, 9.17) is 0 Å². The van der Waals surface area contributed by atoms with Crippen molar-refractivity contribution in [3.05, 3.63) is 0 Å². The van der Waals surface area contributed by atoms with E-state index >= 15 is 0 Å². The predicted molar refractivity (Wildman–Crippen MR) is 87.9 cm³/mol. The first-order valence-electron chi connectivity index (χ1n) is 9.27. The average molecular weight is 308 g/mol. The molecule has 0 amide bonds. The third-order valence-electron chi connectivity index (χ3n) is 6.51. The predicted octanol–water partition coefficient (Wildman–Crippen LogP) is 2.92. The van der Waals surface area contributed by atoms with Gasteiger partial charge in [-0.25, -0.2) is 0 Å². The van der Waals surface area contributed by atoms with Crippen LogP contribution in [0.2, 0.25) is 0 Å². The first kappa shape index (κ1) is 16.3. The van der Waals surface area contributed by atoms with E-state index in [2.05, 4.69) is 17.6 Å². The summed E-state index contributed by atoms with van der Waals surface area (Å²) in [6.45, 7) is 4.26. The maximum Gasteiger partial charge on any atom is 0.303 e. The van der Waals surface area contributed by atoms with Crippen LogP contribution in [-0.2, 0) is 4.79 Å². The Morgan fingerprint density at radius 3 is 2.59 bits per heavy atom. The van der Waals surface area contributed by atoms with Crippen molar-refractivity contribution in [1.29, 1.82) is 0 Å². The Hall–Kier alpha value is -0.610. The van der Waals surface area contributed by atoms with Gasteiger partial charge in [0.15, 0.2) is 0 Å². The van der Waals surface area contributed by atoms with Gasteiger partial charge in [0.1, 0.15) is 0 Å². The molecule has 0 bridgehead atoms. The van der Waals surface area contributed by atoms with Crippen LogP contribution in [0.3, 0.4) is 0 Å². The van der Waals surface area contributed by atoms with Gasteiger partial charge >= 0.3 is 5.97 Å². The van der Waals surface area contributed by atoms with Crippen LogP contribution in [0.25, 0.3) is 0 Å². The topological polar surface area (TPSA) is 61.4 Å². The van der Waals surface area contributed by atoms with Gasteiger partial charge in [-0.1, -0.05) is 39.0 Å². The molecular formula is C18H32N2O2. The minimum absolute atomic E-state index is 0.128. The van der Waals surface area contributed by atoms with Crippen molar-refractivity contribution < 1.29 is 9.90 Å². The van der Waals surface area contributed by atoms with E-state index in [-0.39, 0.29) is 17.0 Å². The molecule has 1 heterocycles. The van der Waals surface area contributed by atoms with Gasteiger partial charge in [-0.3, -0.25) is 4.79 Å². The SMILES string of the molecule is CC(CC(=O)O)C1CCCCC12CNCC1(CCCCC1)N2. The van der Waals surface area contributed by atoms with Gasteiger partial charge in [0, 0.05) is 30.6 Å². The van der Waals surface area contributed by atoms with E-state index in [1.54, 1.807) is 0 Å². The van der Waals surface area contributed by atoms with Gasteiger partial charge in [-0.15, -0.1) is 0 Å². The van der Waals surface area contributed by atoms with Crippen molar-refractivity contribution >= 4 is 5.97 Å². The number of carbonyl (C=O) groups is 1. The standard InChI is InChI=1S/C18H32N2O2/c1-14(11-16(21)22)15-7-3-6-10-18(15)13-19-12-17(20-18)8-4-2-5-9-17/h14-15,19-20H,2-13H2,1H3,(H,21,22). The van der Waals surface area contributed by atoms with E-state index in [1.807, 2.05) is 0 Å². The molecule has 4 heteroatoms. The molecule has 3 aliphatic rings. The van der Waals surface area contributed by atoms with Gasteiger partial charge in [0.05, 0.1) is 0 Å². The van der Waals surface area contributed by atoms with Gasteiger partial charge in [-0.2, -0.15) is 0 Å². The molecule has 1 saturated heterocycles. The zero-order valence-electron chi connectivity index (χ0n) is 14.0. The number of piperazine rings is 1. The molecule has 4 nitrogen and oxygen atoms in total. The molecule has 0 aromatic rings. The van der Waals surface area contributed by atoms with Gasteiger partial charge in [-0.05, 0) is 37.5 Å². The van der Waals surface area contributed by atoms with Crippen LogP contribution in [0.5, 0.6) is 0 Å². The quantitative estimate of drug-likeness (QED) is 0.750. The van der Waals surface area contributed by atoms with Crippen molar-refractivity contribution in [3.63, 3.8) is 0 Å². The fraction of sp³-hybridized carbons (Fsp3) is 0.944. The second kappa shape index (κ2) is 6.48. The largest absolute Gasteiger partial charge is 0.481 e. The Labute approximate surface area is 134 Å². The number of nitrogens with one attached hydrogen (secondary N) is 2. The Kier molecular flexibility index (Phi) is 4.79. The Bertz CT molecular complexity index is 396. The first-order chi connectivity index (χ1) is 10.6. The molecule has 1 aliphatic heterocycles. The third-order valence-corrected chi connectivity index (χ3v) is 6.51. The van der Waals surface area contributed by atoms with Crippen LogP contribution in [0.15, 0.2) is 0 Å². The van der Waals surface area contributed by atoms with Crippen molar-refractivity contribution in [2.45, 2.75) is 82.2 Å². The Morgan fingerprint density at radius 1 is 1.14 bits per heavy atom. The van der Waals surface area contributed by atoms with E-state index in [9.17, 15) is 9.90 Å². The van der Waals surface area contributed by atoms with Crippen LogP contribution in [0.4, 0.5) is 0 Å². The molecule has 3 fully saturated rings. The molecule has 0 aromatic carbocycles. The van der Waals surface area contributed by atoms with E-state index in [1.165, 1.54) is 57.8 Å². The molecule has 3 unspecified atom stereocenters. The van der Waals surface area contributed by atoms with Gasteiger partial charge in [0.25, 0.3) is 0 Å². The zero-order chi connectivity index (χ0) is 15.6. The number of carboxylic acids is 1. The maximum atomic E-state index is 11.2. The van der Waals surface area contributed by atoms with Crippen LogP contribution in [-0.4, -0.2) is 35.2 Å². The molecule has 0 aromatic heterocycles. The summed E-state index contributed by atoms with van der Waals surface area (Å²) in [5.74, 6) is 0.0964. The number of rotatable bonds is 3. The second-order valence-electron chi connectivity index (χ2n) is 8.15. The number of hydrogen-bond acceptors (Lipinski definition) is 3. The minimum atomic E-state index is -0.649. The van der Waals surface area contributed by atoms with E-state index < -0.39 is 5.97 Å². The lowest BCUT2D eigenvalue weighted by molar-refractivity contribution is -0.139. The fourth-order valence-electron chi connectivity index (χ4n) is 5.56. The lowest BCUT2D eigenvalue weighted by atomic mass is 9.63. The molecule has 22 heavy (non-hydrogen) atoms. The van der Waals surface area contributed by atoms with E-state index in [0.29, 0.717) is 12.3 Å². The Balaban J connectivity index is 1.79. The lowest BCUT2D eigenvalue weighted by Gasteiger charge is -2.57. The summed E-state index contributed by atoms with van der Waals surface area (Å²) < 4.78 is 0. The minimum Gasteiger partial charge on any atom is -0.481 e. The number of hydrogen-bond donors (Lipinski definition) is 3. The van der Waals surface area contributed by atoms with Crippen LogP contribution in [0, 0.1) is 11.8 Å². The zero-order valence-corrected chi connectivity index (χ0v) is 14.0. The van der Waals surface area contributed by atoms with Crippen molar-refractivity contribution in [1.82, 2.24) is 10.6 Å². The van der Waals surface area contributed by atoms with Crippen LogP contribution in [0.1, 0.15) is 71.1 Å². The van der Waals surface area contributed by atoms with E-state index in [0.717, 1.165) is 13.1 Å². The average Bonchev–Trinajstić information content (AvgIpc) is 2.47. The summed E-state index contributed by atoms with van der Waals surface area (Å²) in [6, 6.07) is 0. The fourth-order valence-corrected chi connectivity index (χ4v) is 5.56. The molecule has 2 saturated carbocycles.